The van der Waals surface area contributed by atoms with Crippen LogP contribution in [0.25, 0.3) is 0 Å². The lowest BCUT2D eigenvalue weighted by molar-refractivity contribution is -0.161. The Bertz CT molecular complexity index is 135. The molecule has 12 heavy (non-hydrogen) atoms. The van der Waals surface area contributed by atoms with Gasteiger partial charge in [-0.3, -0.25) is 0 Å². The summed E-state index contributed by atoms with van der Waals surface area (Å²) in [4.78, 5) is 0. The molecule has 0 N–H and O–H groups in total. The van der Waals surface area contributed by atoms with E-state index in [4.69, 9.17) is 0 Å². The average Bonchev–Trinajstić information content (AvgIpc) is 1.95. The van der Waals surface area contributed by atoms with Gasteiger partial charge in [-0.2, -0.15) is 13.2 Å². The maximum absolute atomic E-state index is 12.1. The highest BCUT2D eigenvalue weighted by Crippen LogP contribution is 2.29. The number of hydrogen-bond donors (Lipinski definition) is 0. The molecule has 0 saturated carbocycles. The van der Waals surface area contributed by atoms with Crippen LogP contribution in [0.1, 0.15) is 33.1 Å². The van der Waals surface area contributed by atoms with Crippen LogP contribution in [0.15, 0.2) is 12.2 Å². The van der Waals surface area contributed by atoms with Crippen molar-refractivity contribution in [3.63, 3.8) is 0 Å². The number of alkyl halides is 3. The molecule has 0 radical (unpaired) electrons. The van der Waals surface area contributed by atoms with Crippen LogP contribution in [0.3, 0.4) is 0 Å². The molecule has 0 nitrogen and oxygen atoms in total. The van der Waals surface area contributed by atoms with Crippen LogP contribution in [0.4, 0.5) is 13.2 Å². The predicted octanol–water partition coefficient (Wildman–Crippen LogP) is 3.93. The molecule has 0 amide bonds. The van der Waals surface area contributed by atoms with Crippen molar-refractivity contribution in [2.75, 3.05) is 0 Å². The van der Waals surface area contributed by atoms with Gasteiger partial charge in [-0.05, 0) is 12.8 Å². The first kappa shape index (κ1) is 11.5. The molecule has 0 rings (SSSR count). The van der Waals surface area contributed by atoms with E-state index in [-0.39, 0.29) is 6.42 Å². The fraction of sp³-hybridized carbons (Fsp3) is 0.778. The summed E-state index contributed by atoms with van der Waals surface area (Å²) in [5.74, 6) is -1.26. The molecular formula is C9H15F3. The van der Waals surface area contributed by atoms with Gasteiger partial charge in [0.05, 0.1) is 5.92 Å². The summed E-state index contributed by atoms with van der Waals surface area (Å²) in [6.07, 6.45) is 0.561. The zero-order valence-corrected chi connectivity index (χ0v) is 7.49. The van der Waals surface area contributed by atoms with Gasteiger partial charge < -0.3 is 0 Å². The van der Waals surface area contributed by atoms with Crippen LogP contribution in [0.5, 0.6) is 0 Å². The van der Waals surface area contributed by atoms with Gasteiger partial charge in [-0.15, -0.1) is 0 Å². The Morgan fingerprint density at radius 2 is 1.83 bits per heavy atom. The first-order chi connectivity index (χ1) is 5.52. The number of allylic oxidation sites excluding steroid dienone is 2. The van der Waals surface area contributed by atoms with E-state index in [1.165, 1.54) is 6.08 Å². The molecule has 0 aliphatic rings. The van der Waals surface area contributed by atoms with E-state index in [1.54, 1.807) is 13.0 Å². The van der Waals surface area contributed by atoms with Gasteiger partial charge in [0.25, 0.3) is 0 Å². The summed E-state index contributed by atoms with van der Waals surface area (Å²) in [6.45, 7) is 3.49. The Morgan fingerprint density at radius 1 is 1.25 bits per heavy atom. The maximum atomic E-state index is 12.1. The molecule has 0 aromatic carbocycles. The summed E-state index contributed by atoms with van der Waals surface area (Å²) < 4.78 is 36.3. The summed E-state index contributed by atoms with van der Waals surface area (Å²) in [7, 11) is 0. The fourth-order valence-corrected chi connectivity index (χ4v) is 0.904. The maximum Gasteiger partial charge on any atom is 0.395 e. The van der Waals surface area contributed by atoms with Crippen molar-refractivity contribution in [1.29, 1.82) is 0 Å². The van der Waals surface area contributed by atoms with Gasteiger partial charge in [0.15, 0.2) is 0 Å². The summed E-state index contributed by atoms with van der Waals surface area (Å²) in [5.41, 5.74) is 0. The van der Waals surface area contributed by atoms with E-state index < -0.39 is 12.1 Å². The van der Waals surface area contributed by atoms with Crippen molar-refractivity contribution in [3.8, 4) is 0 Å². The molecule has 1 atom stereocenters. The van der Waals surface area contributed by atoms with Crippen molar-refractivity contribution >= 4 is 0 Å². The van der Waals surface area contributed by atoms with Gasteiger partial charge in [-0.25, -0.2) is 0 Å². The van der Waals surface area contributed by atoms with E-state index >= 15 is 0 Å². The summed E-state index contributed by atoms with van der Waals surface area (Å²) in [5, 5.41) is 0. The average molecular weight is 180 g/mol. The van der Waals surface area contributed by atoms with Crippen LogP contribution < -0.4 is 0 Å². The van der Waals surface area contributed by atoms with Crippen LogP contribution in [0, 0.1) is 5.92 Å². The number of halogens is 3. The smallest absolute Gasteiger partial charge is 0.170 e. The lowest BCUT2D eigenvalue weighted by atomic mass is 10.1. The fourth-order valence-electron chi connectivity index (χ4n) is 0.904. The van der Waals surface area contributed by atoms with E-state index in [1.807, 2.05) is 6.92 Å². The molecular weight excluding hydrogens is 165 g/mol. The van der Waals surface area contributed by atoms with Crippen molar-refractivity contribution in [1.82, 2.24) is 0 Å². The van der Waals surface area contributed by atoms with Crippen molar-refractivity contribution in [3.05, 3.63) is 12.2 Å². The number of rotatable bonds is 4. The normalized spacial score (nSPS) is 15.4. The SMILES string of the molecule is CCCC=CC(CC)C(F)(F)F. The molecule has 0 aromatic heterocycles. The quantitative estimate of drug-likeness (QED) is 0.575. The Hall–Kier alpha value is -0.470. The van der Waals surface area contributed by atoms with Crippen LogP contribution >= 0.6 is 0 Å². The highest BCUT2D eigenvalue weighted by Gasteiger charge is 2.35. The van der Waals surface area contributed by atoms with E-state index in [2.05, 4.69) is 0 Å². The Balaban J connectivity index is 4.00. The van der Waals surface area contributed by atoms with Gasteiger partial charge >= 0.3 is 6.18 Å². The molecule has 0 aromatic rings. The van der Waals surface area contributed by atoms with Gasteiger partial charge in [-0.1, -0.05) is 32.4 Å². The van der Waals surface area contributed by atoms with E-state index in [0.29, 0.717) is 0 Å². The first-order valence-corrected chi connectivity index (χ1v) is 4.25. The Morgan fingerprint density at radius 3 is 2.17 bits per heavy atom. The topological polar surface area (TPSA) is 0 Å². The molecule has 0 bridgehead atoms. The highest BCUT2D eigenvalue weighted by atomic mass is 19.4. The summed E-state index contributed by atoms with van der Waals surface area (Å²) in [6, 6.07) is 0. The third-order valence-electron chi connectivity index (χ3n) is 1.68. The lowest BCUT2D eigenvalue weighted by Gasteiger charge is -2.13. The minimum absolute atomic E-state index is 0.129. The molecule has 0 spiro atoms. The monoisotopic (exact) mass is 180 g/mol. The van der Waals surface area contributed by atoms with E-state index in [9.17, 15) is 13.2 Å². The highest BCUT2D eigenvalue weighted by molar-refractivity contribution is 4.91. The van der Waals surface area contributed by atoms with E-state index in [0.717, 1.165) is 12.8 Å². The lowest BCUT2D eigenvalue weighted by Crippen LogP contribution is -2.19. The van der Waals surface area contributed by atoms with Crippen LogP contribution in [0.2, 0.25) is 0 Å². The first-order valence-electron chi connectivity index (χ1n) is 4.25. The molecule has 1 unspecified atom stereocenters. The molecule has 0 heterocycles. The number of hydrogen-bond acceptors (Lipinski definition) is 0. The Kier molecular flexibility index (Phi) is 5.02. The van der Waals surface area contributed by atoms with Crippen LogP contribution in [-0.2, 0) is 0 Å². The van der Waals surface area contributed by atoms with Gasteiger partial charge in [0.1, 0.15) is 0 Å². The number of unbranched alkanes of at least 4 members (excludes halogenated alkanes) is 1. The van der Waals surface area contributed by atoms with Crippen molar-refractivity contribution in [2.45, 2.75) is 39.3 Å². The van der Waals surface area contributed by atoms with Gasteiger partial charge in [0.2, 0.25) is 0 Å². The zero-order valence-electron chi connectivity index (χ0n) is 7.49. The predicted molar refractivity (Wildman–Crippen MR) is 43.9 cm³/mol. The minimum atomic E-state index is -4.07. The molecule has 3 heteroatoms. The minimum Gasteiger partial charge on any atom is -0.170 e. The molecule has 0 aliphatic carbocycles. The second kappa shape index (κ2) is 5.22. The molecule has 0 fully saturated rings. The zero-order chi connectivity index (χ0) is 9.61. The second-order valence-electron chi connectivity index (χ2n) is 2.77. The molecule has 72 valence electrons. The third-order valence-corrected chi connectivity index (χ3v) is 1.68. The largest absolute Gasteiger partial charge is 0.395 e. The van der Waals surface area contributed by atoms with Crippen molar-refractivity contribution in [2.24, 2.45) is 5.92 Å². The standard InChI is InChI=1S/C9H15F3/c1-3-5-6-7-8(4-2)9(10,11)12/h6-8H,3-5H2,1-2H3. The third kappa shape index (κ3) is 4.42. The Labute approximate surface area is 71.5 Å². The molecule has 0 saturated heterocycles. The molecule has 0 aliphatic heterocycles. The second-order valence-corrected chi connectivity index (χ2v) is 2.77. The van der Waals surface area contributed by atoms with Crippen LogP contribution in [-0.4, -0.2) is 6.18 Å². The van der Waals surface area contributed by atoms with Crippen molar-refractivity contribution < 1.29 is 13.2 Å². The summed E-state index contributed by atoms with van der Waals surface area (Å²) >= 11 is 0. The van der Waals surface area contributed by atoms with Gasteiger partial charge in [0, 0.05) is 0 Å².